The van der Waals surface area contributed by atoms with Gasteiger partial charge in [-0.2, -0.15) is 0 Å². The molecule has 158 valence electrons. The molecule has 1 heterocycles. The van der Waals surface area contributed by atoms with Gasteiger partial charge in [0.2, 0.25) is 0 Å². The molecule has 0 aliphatic heterocycles. The van der Waals surface area contributed by atoms with Gasteiger partial charge in [-0.05, 0) is 65.3 Å². The average molecular weight is 411 g/mol. The van der Waals surface area contributed by atoms with Gasteiger partial charge in [-0.25, -0.2) is 4.98 Å². The number of aromatic nitrogens is 2. The number of aliphatic hydroxyl groups is 1. The lowest BCUT2D eigenvalue weighted by Crippen LogP contribution is -2.16. The Kier molecular flexibility index (Phi) is 5.32. The first kappa shape index (κ1) is 21.1. The molecule has 31 heavy (non-hydrogen) atoms. The molecule has 0 bridgehead atoms. The number of fused-ring (bicyclic) bond motifs is 1. The van der Waals surface area contributed by atoms with E-state index in [1.54, 1.807) is 0 Å². The third-order valence-electron chi connectivity index (χ3n) is 5.61. The lowest BCUT2D eigenvalue weighted by Gasteiger charge is -2.21. The van der Waals surface area contributed by atoms with E-state index < -0.39 is 5.60 Å². The number of rotatable bonds is 4. The summed E-state index contributed by atoms with van der Waals surface area (Å²) in [5.74, 6) is 0.822. The molecule has 0 fully saturated rings. The lowest BCUT2D eigenvalue weighted by molar-refractivity contribution is 0.0792. The summed E-state index contributed by atoms with van der Waals surface area (Å²) in [7, 11) is 0. The van der Waals surface area contributed by atoms with E-state index in [-0.39, 0.29) is 5.41 Å². The van der Waals surface area contributed by atoms with Crippen molar-refractivity contribution in [3.8, 4) is 11.1 Å². The van der Waals surface area contributed by atoms with Crippen LogP contribution < -0.4 is 0 Å². The summed E-state index contributed by atoms with van der Waals surface area (Å²) in [4.78, 5) is 8.11. The number of nitrogens with zero attached hydrogens (tertiary/aromatic N) is 1. The molecule has 3 heteroatoms. The molecule has 3 aromatic carbocycles. The highest BCUT2D eigenvalue weighted by Gasteiger charge is 2.20. The number of imidazole rings is 1. The maximum Gasteiger partial charge on any atom is 0.131 e. The second-order valence-electron chi connectivity index (χ2n) is 9.66. The Bertz CT molecular complexity index is 1230. The SMILES string of the molecule is CC(C)(C)c1ccc(C=Cc2nc3ccc(-c4ccccc4C(C)(C)O)cc3[nH]2)cc1. The number of H-pyrrole nitrogens is 1. The molecule has 0 radical (unpaired) electrons. The molecule has 0 unspecified atom stereocenters. The minimum absolute atomic E-state index is 0.155. The molecule has 0 atom stereocenters. The Morgan fingerprint density at radius 3 is 2.23 bits per heavy atom. The minimum atomic E-state index is -0.907. The molecule has 0 saturated carbocycles. The smallest absolute Gasteiger partial charge is 0.131 e. The maximum atomic E-state index is 10.6. The monoisotopic (exact) mass is 410 g/mol. The predicted molar refractivity (Wildman–Crippen MR) is 131 cm³/mol. The van der Waals surface area contributed by atoms with Gasteiger partial charge in [0.1, 0.15) is 5.82 Å². The van der Waals surface area contributed by atoms with Crippen LogP contribution in [0.5, 0.6) is 0 Å². The van der Waals surface area contributed by atoms with E-state index in [4.69, 9.17) is 4.98 Å². The molecule has 0 aliphatic rings. The standard InChI is InChI=1S/C28H30N2O/c1-27(2,3)21-14-10-19(11-15-21)12-17-26-29-24-16-13-20(18-25(24)30-26)22-8-6-7-9-23(22)28(4,5)31/h6-18,31H,1-5H3,(H,29,30). The largest absolute Gasteiger partial charge is 0.386 e. The van der Waals surface area contributed by atoms with Gasteiger partial charge in [0.25, 0.3) is 0 Å². The zero-order chi connectivity index (χ0) is 22.2. The maximum absolute atomic E-state index is 10.6. The Morgan fingerprint density at radius 1 is 0.839 bits per heavy atom. The van der Waals surface area contributed by atoms with Gasteiger partial charge in [0, 0.05) is 0 Å². The number of hydrogen-bond acceptors (Lipinski definition) is 2. The van der Waals surface area contributed by atoms with Gasteiger partial charge in [-0.1, -0.05) is 81.4 Å². The van der Waals surface area contributed by atoms with Gasteiger partial charge < -0.3 is 10.1 Å². The quantitative estimate of drug-likeness (QED) is 0.383. The van der Waals surface area contributed by atoms with Crippen LogP contribution >= 0.6 is 0 Å². The van der Waals surface area contributed by atoms with Crippen LogP contribution in [0, 0.1) is 0 Å². The fourth-order valence-electron chi connectivity index (χ4n) is 3.81. The molecule has 1 aromatic heterocycles. The van der Waals surface area contributed by atoms with Crippen molar-refractivity contribution in [2.75, 3.05) is 0 Å². The first-order valence-electron chi connectivity index (χ1n) is 10.7. The van der Waals surface area contributed by atoms with Crippen LogP contribution in [0.2, 0.25) is 0 Å². The summed E-state index contributed by atoms with van der Waals surface area (Å²) in [6, 6.07) is 22.8. The number of benzene rings is 3. The molecule has 2 N–H and O–H groups in total. The first-order chi connectivity index (χ1) is 14.6. The topological polar surface area (TPSA) is 48.9 Å². The fraction of sp³-hybridized carbons (Fsp3) is 0.250. The second kappa shape index (κ2) is 7.82. The third kappa shape index (κ3) is 4.62. The molecule has 4 rings (SSSR count). The third-order valence-corrected chi connectivity index (χ3v) is 5.61. The van der Waals surface area contributed by atoms with Crippen LogP contribution in [0.4, 0.5) is 0 Å². The van der Waals surface area contributed by atoms with E-state index in [1.165, 1.54) is 5.56 Å². The van der Waals surface area contributed by atoms with E-state index in [1.807, 2.05) is 50.3 Å². The summed E-state index contributed by atoms with van der Waals surface area (Å²) < 4.78 is 0. The zero-order valence-corrected chi connectivity index (χ0v) is 18.9. The molecular formula is C28H30N2O. The Hall–Kier alpha value is -3.17. The van der Waals surface area contributed by atoms with E-state index in [2.05, 4.69) is 68.2 Å². The normalized spacial score (nSPS) is 12.7. The summed E-state index contributed by atoms with van der Waals surface area (Å²) in [5, 5.41) is 10.6. The summed E-state index contributed by atoms with van der Waals surface area (Å²) >= 11 is 0. The second-order valence-corrected chi connectivity index (χ2v) is 9.66. The zero-order valence-electron chi connectivity index (χ0n) is 18.9. The van der Waals surface area contributed by atoms with E-state index in [0.29, 0.717) is 0 Å². The molecule has 0 saturated heterocycles. The molecule has 4 aromatic rings. The lowest BCUT2D eigenvalue weighted by atomic mass is 9.87. The van der Waals surface area contributed by atoms with Gasteiger partial charge in [0.05, 0.1) is 16.6 Å². The van der Waals surface area contributed by atoms with Crippen LogP contribution in [0.25, 0.3) is 34.3 Å². The van der Waals surface area contributed by atoms with Crippen LogP contribution in [0.1, 0.15) is 57.1 Å². The average Bonchev–Trinajstić information content (AvgIpc) is 3.13. The number of hydrogen-bond donors (Lipinski definition) is 2. The van der Waals surface area contributed by atoms with Gasteiger partial charge in [-0.3, -0.25) is 0 Å². The van der Waals surface area contributed by atoms with Crippen molar-refractivity contribution in [1.29, 1.82) is 0 Å². The van der Waals surface area contributed by atoms with E-state index in [9.17, 15) is 5.11 Å². The molecule has 0 aliphatic carbocycles. The van der Waals surface area contributed by atoms with Crippen LogP contribution in [0.3, 0.4) is 0 Å². The van der Waals surface area contributed by atoms with E-state index in [0.717, 1.165) is 39.1 Å². The van der Waals surface area contributed by atoms with Crippen molar-refractivity contribution in [1.82, 2.24) is 9.97 Å². The summed E-state index contributed by atoms with van der Waals surface area (Å²) in [6.45, 7) is 10.3. The van der Waals surface area contributed by atoms with Crippen LogP contribution in [-0.2, 0) is 11.0 Å². The van der Waals surface area contributed by atoms with Crippen molar-refractivity contribution < 1.29 is 5.11 Å². The van der Waals surface area contributed by atoms with Gasteiger partial charge >= 0.3 is 0 Å². The highest BCUT2D eigenvalue weighted by molar-refractivity contribution is 5.84. The van der Waals surface area contributed by atoms with Crippen molar-refractivity contribution >= 4 is 23.2 Å². The molecular weight excluding hydrogens is 380 g/mol. The van der Waals surface area contributed by atoms with Crippen LogP contribution in [0.15, 0.2) is 66.7 Å². The van der Waals surface area contributed by atoms with Crippen molar-refractivity contribution in [2.45, 2.75) is 45.6 Å². The minimum Gasteiger partial charge on any atom is -0.386 e. The Balaban J connectivity index is 1.63. The molecule has 3 nitrogen and oxygen atoms in total. The fourth-order valence-corrected chi connectivity index (χ4v) is 3.81. The Morgan fingerprint density at radius 2 is 1.55 bits per heavy atom. The predicted octanol–water partition coefficient (Wildman–Crippen LogP) is 6.93. The van der Waals surface area contributed by atoms with Crippen molar-refractivity contribution in [3.05, 3.63) is 89.2 Å². The summed E-state index contributed by atoms with van der Waals surface area (Å²) in [6.07, 6.45) is 4.09. The molecule has 0 amide bonds. The first-order valence-corrected chi connectivity index (χ1v) is 10.7. The van der Waals surface area contributed by atoms with Gasteiger partial charge in [0.15, 0.2) is 0 Å². The van der Waals surface area contributed by atoms with E-state index >= 15 is 0 Å². The highest BCUT2D eigenvalue weighted by atomic mass is 16.3. The summed E-state index contributed by atoms with van der Waals surface area (Å²) in [5.41, 5.74) is 6.62. The Labute approximate surface area is 184 Å². The number of nitrogens with one attached hydrogen (secondary N) is 1. The van der Waals surface area contributed by atoms with Crippen molar-refractivity contribution in [3.63, 3.8) is 0 Å². The van der Waals surface area contributed by atoms with Crippen molar-refractivity contribution in [2.24, 2.45) is 0 Å². The molecule has 0 spiro atoms. The number of aromatic amines is 1. The van der Waals surface area contributed by atoms with Crippen LogP contribution in [-0.4, -0.2) is 15.1 Å². The van der Waals surface area contributed by atoms with Gasteiger partial charge in [-0.15, -0.1) is 0 Å². The highest BCUT2D eigenvalue weighted by Crippen LogP contribution is 2.32.